The summed E-state index contributed by atoms with van der Waals surface area (Å²) in [5.74, 6) is 0.914. The van der Waals surface area contributed by atoms with Gasteiger partial charge in [-0.2, -0.15) is 0 Å². The lowest BCUT2D eigenvalue weighted by Crippen LogP contribution is -2.38. The molecule has 3 aromatic heterocycles. The number of carbonyl (C=O) groups is 2. The summed E-state index contributed by atoms with van der Waals surface area (Å²) in [4.78, 5) is 45.3. The molecule has 1 aliphatic rings. The van der Waals surface area contributed by atoms with Crippen molar-refractivity contribution >= 4 is 33.4 Å². The first-order valence-corrected chi connectivity index (χ1v) is 10.8. The van der Waals surface area contributed by atoms with Crippen molar-refractivity contribution in [3.63, 3.8) is 0 Å². The van der Waals surface area contributed by atoms with Crippen molar-refractivity contribution in [1.82, 2.24) is 19.4 Å². The van der Waals surface area contributed by atoms with Crippen LogP contribution < -0.4 is 5.56 Å². The summed E-state index contributed by atoms with van der Waals surface area (Å²) >= 11 is 1.38. The third-order valence-electron chi connectivity index (χ3n) is 5.56. The summed E-state index contributed by atoms with van der Waals surface area (Å²) in [6.07, 6.45) is 3.34. The molecule has 0 saturated carbocycles. The smallest absolute Gasteiger partial charge is 0.289 e. The maximum Gasteiger partial charge on any atom is 0.289 e. The number of fused-ring (bicyclic) bond motifs is 1. The van der Waals surface area contributed by atoms with Crippen molar-refractivity contribution in [1.29, 1.82) is 0 Å². The highest BCUT2D eigenvalue weighted by molar-refractivity contribution is 7.17. The number of likely N-dealkylation sites (tertiary alicyclic amines) is 1. The van der Waals surface area contributed by atoms with Gasteiger partial charge in [-0.25, -0.2) is 4.98 Å². The highest BCUT2D eigenvalue weighted by Crippen LogP contribution is 2.32. The average Bonchev–Trinajstić information content (AvgIpc) is 3.37. The molecule has 8 nitrogen and oxygen atoms in total. The van der Waals surface area contributed by atoms with E-state index in [1.807, 2.05) is 10.3 Å². The molecule has 30 heavy (non-hydrogen) atoms. The Labute approximate surface area is 177 Å². The number of hydrogen-bond acceptors (Lipinski definition) is 6. The summed E-state index contributed by atoms with van der Waals surface area (Å²) in [5, 5.41) is 2.36. The predicted octanol–water partition coefficient (Wildman–Crippen LogP) is 2.68. The number of nitrogens with zero attached hydrogens (tertiary/aromatic N) is 4. The molecule has 2 amide bonds. The highest BCUT2D eigenvalue weighted by Gasteiger charge is 2.23. The van der Waals surface area contributed by atoms with Crippen molar-refractivity contribution in [2.45, 2.75) is 26.3 Å². The van der Waals surface area contributed by atoms with E-state index < -0.39 is 0 Å². The molecule has 0 bridgehead atoms. The monoisotopic (exact) mass is 428 g/mol. The van der Waals surface area contributed by atoms with Gasteiger partial charge in [0.05, 0.1) is 11.7 Å². The van der Waals surface area contributed by atoms with Gasteiger partial charge in [-0.05, 0) is 30.9 Å². The summed E-state index contributed by atoms with van der Waals surface area (Å²) < 4.78 is 7.39. The fourth-order valence-corrected chi connectivity index (χ4v) is 4.69. The van der Waals surface area contributed by atoms with Gasteiger partial charge in [0.25, 0.3) is 11.5 Å². The van der Waals surface area contributed by atoms with Gasteiger partial charge in [0.1, 0.15) is 10.6 Å². The van der Waals surface area contributed by atoms with Gasteiger partial charge >= 0.3 is 0 Å². The van der Waals surface area contributed by atoms with E-state index in [1.165, 1.54) is 16.2 Å². The number of hydrogen-bond donors (Lipinski definition) is 0. The Morgan fingerprint density at radius 2 is 2.00 bits per heavy atom. The van der Waals surface area contributed by atoms with E-state index in [0.717, 1.165) is 25.9 Å². The lowest BCUT2D eigenvalue weighted by molar-refractivity contribution is -0.130. The van der Waals surface area contributed by atoms with Crippen LogP contribution in [0.1, 0.15) is 30.3 Å². The van der Waals surface area contributed by atoms with E-state index in [0.29, 0.717) is 34.0 Å². The maximum absolute atomic E-state index is 13.2. The number of piperidine rings is 1. The molecule has 0 spiro atoms. The number of amides is 2. The fraction of sp³-hybridized carbons (Fsp3) is 0.429. The molecular weight excluding hydrogens is 404 g/mol. The van der Waals surface area contributed by atoms with Crippen molar-refractivity contribution in [2.75, 3.05) is 27.2 Å². The number of thiophene rings is 1. The SMILES string of the molecule is CC(=O)N1CCC(Cn2cnc3scc(-c4ccc(C(=O)N(C)C)o4)c3c2=O)CC1. The summed E-state index contributed by atoms with van der Waals surface area (Å²) in [6, 6.07) is 3.34. The van der Waals surface area contributed by atoms with E-state index in [-0.39, 0.29) is 23.1 Å². The number of aromatic nitrogens is 2. The quantitative estimate of drug-likeness (QED) is 0.637. The lowest BCUT2D eigenvalue weighted by atomic mass is 9.96. The molecule has 0 N–H and O–H groups in total. The van der Waals surface area contributed by atoms with E-state index in [4.69, 9.17) is 4.42 Å². The Morgan fingerprint density at radius 1 is 1.27 bits per heavy atom. The molecule has 4 rings (SSSR count). The second-order valence-corrected chi connectivity index (χ2v) is 8.70. The van der Waals surface area contributed by atoms with Gasteiger partial charge in [0.2, 0.25) is 5.91 Å². The van der Waals surface area contributed by atoms with Crippen molar-refractivity contribution in [2.24, 2.45) is 5.92 Å². The van der Waals surface area contributed by atoms with Gasteiger partial charge in [-0.15, -0.1) is 11.3 Å². The maximum atomic E-state index is 13.2. The molecule has 3 aromatic rings. The molecule has 1 aliphatic heterocycles. The number of rotatable bonds is 4. The molecule has 0 aromatic carbocycles. The second-order valence-electron chi connectivity index (χ2n) is 7.84. The Balaban J connectivity index is 1.61. The largest absolute Gasteiger partial charge is 0.451 e. The normalized spacial score (nSPS) is 15.0. The van der Waals surface area contributed by atoms with Gasteiger partial charge in [-0.1, -0.05) is 0 Å². The van der Waals surface area contributed by atoms with Crippen LogP contribution in [0, 0.1) is 5.92 Å². The summed E-state index contributed by atoms with van der Waals surface area (Å²) in [5.41, 5.74) is 0.549. The molecule has 158 valence electrons. The first kappa shape index (κ1) is 20.3. The van der Waals surface area contributed by atoms with Crippen molar-refractivity contribution in [3.05, 3.63) is 40.0 Å². The van der Waals surface area contributed by atoms with Crippen LogP contribution >= 0.6 is 11.3 Å². The molecule has 0 unspecified atom stereocenters. The average molecular weight is 429 g/mol. The molecule has 9 heteroatoms. The Hall–Kier alpha value is -2.94. The van der Waals surface area contributed by atoms with Gasteiger partial charge in [0, 0.05) is 51.6 Å². The molecule has 0 radical (unpaired) electrons. The topological polar surface area (TPSA) is 88.7 Å². The van der Waals surface area contributed by atoms with Gasteiger partial charge < -0.3 is 14.2 Å². The molecule has 0 aliphatic carbocycles. The number of furan rings is 1. The van der Waals surface area contributed by atoms with Crippen LogP contribution in [0.5, 0.6) is 0 Å². The van der Waals surface area contributed by atoms with Crippen LogP contribution in [0.15, 0.2) is 33.1 Å². The molecular formula is C21H24N4O4S. The van der Waals surface area contributed by atoms with Crippen molar-refractivity contribution in [3.8, 4) is 11.3 Å². The lowest BCUT2D eigenvalue weighted by Gasteiger charge is -2.31. The molecule has 4 heterocycles. The predicted molar refractivity (Wildman–Crippen MR) is 115 cm³/mol. The first-order valence-electron chi connectivity index (χ1n) is 9.89. The Bertz CT molecular complexity index is 1150. The van der Waals surface area contributed by atoms with Crippen LogP contribution in [-0.2, 0) is 11.3 Å². The van der Waals surface area contributed by atoms with Crippen LogP contribution in [0.2, 0.25) is 0 Å². The second kappa shape index (κ2) is 8.06. The molecule has 0 atom stereocenters. The zero-order chi connectivity index (χ0) is 21.4. The summed E-state index contributed by atoms with van der Waals surface area (Å²) in [7, 11) is 3.32. The first-order chi connectivity index (χ1) is 14.3. The summed E-state index contributed by atoms with van der Waals surface area (Å²) in [6.45, 7) is 3.62. The van der Waals surface area contributed by atoms with E-state index in [2.05, 4.69) is 4.98 Å². The van der Waals surface area contributed by atoms with Gasteiger partial charge in [0.15, 0.2) is 5.76 Å². The minimum atomic E-state index is -0.228. The molecule has 1 saturated heterocycles. The zero-order valence-electron chi connectivity index (χ0n) is 17.3. The minimum Gasteiger partial charge on any atom is -0.451 e. The van der Waals surface area contributed by atoms with Crippen molar-refractivity contribution < 1.29 is 14.0 Å². The Kier molecular flexibility index (Phi) is 5.46. The van der Waals surface area contributed by atoms with Gasteiger partial charge in [-0.3, -0.25) is 19.0 Å². The van der Waals surface area contributed by atoms with E-state index >= 15 is 0 Å². The fourth-order valence-electron chi connectivity index (χ4n) is 3.81. The van der Waals surface area contributed by atoms with Crippen LogP contribution in [-0.4, -0.2) is 58.4 Å². The van der Waals surface area contributed by atoms with Crippen LogP contribution in [0.25, 0.3) is 21.5 Å². The Morgan fingerprint density at radius 3 is 2.67 bits per heavy atom. The third kappa shape index (κ3) is 3.77. The highest BCUT2D eigenvalue weighted by atomic mass is 32.1. The van der Waals surface area contributed by atoms with Crippen LogP contribution in [0.4, 0.5) is 0 Å². The standard InChI is InChI=1S/C21H24N4O4S/c1-13(26)24-8-6-14(7-9-24)10-25-12-22-19-18(21(25)28)15(11-30-19)16-4-5-17(29-16)20(27)23(2)3/h4-5,11-12,14H,6-10H2,1-3H3. The van der Waals surface area contributed by atoms with E-state index in [1.54, 1.807) is 44.0 Å². The third-order valence-corrected chi connectivity index (χ3v) is 6.45. The molecule has 1 fully saturated rings. The van der Waals surface area contributed by atoms with E-state index in [9.17, 15) is 14.4 Å². The number of carbonyl (C=O) groups excluding carboxylic acids is 2. The zero-order valence-corrected chi connectivity index (χ0v) is 18.1. The van der Waals surface area contributed by atoms with Crippen LogP contribution in [0.3, 0.4) is 0 Å². The minimum absolute atomic E-state index is 0.0992.